The Bertz CT molecular complexity index is 396. The van der Waals surface area contributed by atoms with Gasteiger partial charge in [-0.25, -0.2) is 0 Å². The molecule has 0 aliphatic carbocycles. The summed E-state index contributed by atoms with van der Waals surface area (Å²) < 4.78 is 28.7. The molecule has 1 aromatic carbocycles. The lowest BCUT2D eigenvalue weighted by molar-refractivity contribution is -0.0504. The van der Waals surface area contributed by atoms with Crippen molar-refractivity contribution in [2.75, 3.05) is 0 Å². The third-order valence-corrected chi connectivity index (χ3v) is 2.77. The van der Waals surface area contributed by atoms with Crippen LogP contribution >= 0.6 is 34.2 Å². The van der Waals surface area contributed by atoms with Crippen LogP contribution in [0.25, 0.3) is 0 Å². The number of Topliss-reactive ketones (excluding diaryl/α,β-unsaturated/α-hetero) is 1. The largest absolute Gasteiger partial charge is 0.434 e. The minimum absolute atomic E-state index is 0.0415. The molecule has 0 saturated heterocycles. The lowest BCUT2D eigenvalue weighted by Crippen LogP contribution is -2.05. The summed E-state index contributed by atoms with van der Waals surface area (Å²) in [4.78, 5) is 11.1. The van der Waals surface area contributed by atoms with Crippen molar-refractivity contribution in [3.05, 3.63) is 26.3 Å². The first-order valence-corrected chi connectivity index (χ1v) is 5.32. The van der Waals surface area contributed by atoms with Crippen LogP contribution in [0.2, 0.25) is 5.02 Å². The first-order valence-electron chi connectivity index (χ1n) is 3.86. The number of hydrogen-bond acceptors (Lipinski definition) is 2. The maximum Gasteiger partial charge on any atom is 0.387 e. The number of hydrogen-bond donors (Lipinski definition) is 0. The van der Waals surface area contributed by atoms with Crippen LogP contribution in [0.1, 0.15) is 17.3 Å². The van der Waals surface area contributed by atoms with Gasteiger partial charge < -0.3 is 4.74 Å². The number of alkyl halides is 2. The molecule has 0 amide bonds. The minimum Gasteiger partial charge on any atom is -0.434 e. The Morgan fingerprint density at radius 1 is 1.53 bits per heavy atom. The summed E-state index contributed by atoms with van der Waals surface area (Å²) in [7, 11) is 0. The third-order valence-electron chi connectivity index (χ3n) is 1.62. The molecular weight excluding hydrogens is 340 g/mol. The maximum atomic E-state index is 12.0. The van der Waals surface area contributed by atoms with E-state index in [1.165, 1.54) is 19.1 Å². The number of rotatable bonds is 3. The van der Waals surface area contributed by atoms with Crippen LogP contribution < -0.4 is 4.74 Å². The molecule has 0 spiro atoms. The Balaban J connectivity index is 3.17. The topological polar surface area (TPSA) is 26.3 Å². The van der Waals surface area contributed by atoms with Gasteiger partial charge >= 0.3 is 6.61 Å². The Hall–Kier alpha value is -0.430. The van der Waals surface area contributed by atoms with E-state index in [9.17, 15) is 13.6 Å². The number of carbonyl (C=O) groups excluding carboxylic acids is 1. The molecule has 0 bridgehead atoms. The van der Waals surface area contributed by atoms with Crippen LogP contribution in [-0.2, 0) is 0 Å². The number of benzene rings is 1. The van der Waals surface area contributed by atoms with Gasteiger partial charge in [0.1, 0.15) is 5.75 Å². The highest BCUT2D eigenvalue weighted by molar-refractivity contribution is 14.1. The van der Waals surface area contributed by atoms with E-state index in [4.69, 9.17) is 11.6 Å². The van der Waals surface area contributed by atoms with Gasteiger partial charge in [-0.1, -0.05) is 11.6 Å². The van der Waals surface area contributed by atoms with E-state index in [0.29, 0.717) is 3.57 Å². The lowest BCUT2D eigenvalue weighted by atomic mass is 10.1. The second-order valence-electron chi connectivity index (χ2n) is 2.70. The molecule has 0 heterocycles. The Morgan fingerprint density at radius 3 is 2.60 bits per heavy atom. The molecule has 1 rings (SSSR count). The molecule has 0 aromatic heterocycles. The van der Waals surface area contributed by atoms with Gasteiger partial charge in [-0.15, -0.1) is 0 Å². The summed E-state index contributed by atoms with van der Waals surface area (Å²) in [5.41, 5.74) is 0.174. The Morgan fingerprint density at radius 2 is 2.13 bits per heavy atom. The zero-order valence-corrected chi connectivity index (χ0v) is 10.5. The molecule has 0 radical (unpaired) electrons. The number of ether oxygens (including phenoxy) is 1. The SMILES string of the molecule is CC(=O)c1cc(OC(F)F)c(I)cc1Cl. The molecule has 2 nitrogen and oxygen atoms in total. The fraction of sp³-hybridized carbons (Fsp3) is 0.222. The molecule has 0 N–H and O–H groups in total. The normalized spacial score (nSPS) is 10.5. The van der Waals surface area contributed by atoms with Crippen LogP contribution in [0.15, 0.2) is 12.1 Å². The van der Waals surface area contributed by atoms with Crippen molar-refractivity contribution in [1.82, 2.24) is 0 Å². The molecule has 0 unspecified atom stereocenters. The van der Waals surface area contributed by atoms with Gasteiger partial charge in [-0.05, 0) is 41.6 Å². The maximum absolute atomic E-state index is 12.0. The van der Waals surface area contributed by atoms with Crippen LogP contribution in [0.5, 0.6) is 5.75 Å². The second-order valence-corrected chi connectivity index (χ2v) is 4.27. The minimum atomic E-state index is -2.92. The van der Waals surface area contributed by atoms with Crippen molar-refractivity contribution in [2.45, 2.75) is 13.5 Å². The second kappa shape index (κ2) is 5.07. The first kappa shape index (κ1) is 12.6. The van der Waals surface area contributed by atoms with E-state index in [-0.39, 0.29) is 22.1 Å². The standard InChI is InChI=1S/C9H6ClF2IO2/c1-4(14)5-2-8(15-9(11)12)7(13)3-6(5)10/h2-3,9H,1H3. The van der Waals surface area contributed by atoms with E-state index in [0.717, 1.165) is 0 Å². The third kappa shape index (κ3) is 3.27. The Labute approximate surface area is 104 Å². The number of carbonyl (C=O) groups is 1. The molecule has 0 atom stereocenters. The van der Waals surface area contributed by atoms with E-state index in [1.807, 2.05) is 0 Å². The molecule has 0 aliphatic heterocycles. The summed E-state index contributed by atoms with van der Waals surface area (Å²) >= 11 is 7.57. The van der Waals surface area contributed by atoms with E-state index >= 15 is 0 Å². The van der Waals surface area contributed by atoms with Gasteiger partial charge in [0.15, 0.2) is 5.78 Å². The van der Waals surface area contributed by atoms with Gasteiger partial charge in [0, 0.05) is 5.56 Å². The highest BCUT2D eigenvalue weighted by atomic mass is 127. The van der Waals surface area contributed by atoms with Crippen LogP contribution in [0.4, 0.5) is 8.78 Å². The lowest BCUT2D eigenvalue weighted by Gasteiger charge is -2.09. The predicted molar refractivity (Wildman–Crippen MR) is 60.8 cm³/mol. The van der Waals surface area contributed by atoms with Crippen molar-refractivity contribution in [3.63, 3.8) is 0 Å². The highest BCUT2D eigenvalue weighted by Gasteiger charge is 2.14. The predicted octanol–water partition coefficient (Wildman–Crippen LogP) is 3.75. The van der Waals surface area contributed by atoms with E-state index in [2.05, 4.69) is 4.74 Å². The van der Waals surface area contributed by atoms with E-state index in [1.54, 1.807) is 22.6 Å². The number of ketones is 1. The summed E-state index contributed by atoms with van der Waals surface area (Å²) in [5.74, 6) is -0.337. The average molecular weight is 346 g/mol. The van der Waals surface area contributed by atoms with Gasteiger partial charge in [0.25, 0.3) is 0 Å². The smallest absolute Gasteiger partial charge is 0.387 e. The zero-order chi connectivity index (χ0) is 11.6. The van der Waals surface area contributed by atoms with Crippen molar-refractivity contribution < 1.29 is 18.3 Å². The summed E-state index contributed by atoms with van der Waals surface area (Å²) in [6.07, 6.45) is 0. The van der Waals surface area contributed by atoms with Crippen molar-refractivity contribution in [3.8, 4) is 5.75 Å². The van der Waals surface area contributed by atoms with Crippen molar-refractivity contribution >= 4 is 40.0 Å². The van der Waals surface area contributed by atoms with Crippen LogP contribution in [0, 0.1) is 3.57 Å². The fourth-order valence-corrected chi connectivity index (χ4v) is 2.06. The van der Waals surface area contributed by atoms with Gasteiger partial charge in [0.2, 0.25) is 0 Å². The molecule has 6 heteroatoms. The first-order chi connectivity index (χ1) is 6.91. The van der Waals surface area contributed by atoms with Gasteiger partial charge in [-0.3, -0.25) is 4.79 Å². The molecule has 0 fully saturated rings. The molecule has 0 saturated carbocycles. The van der Waals surface area contributed by atoms with Crippen LogP contribution in [-0.4, -0.2) is 12.4 Å². The van der Waals surface area contributed by atoms with E-state index < -0.39 is 6.61 Å². The van der Waals surface area contributed by atoms with Gasteiger partial charge in [-0.2, -0.15) is 8.78 Å². The molecule has 15 heavy (non-hydrogen) atoms. The average Bonchev–Trinajstić information content (AvgIpc) is 2.08. The zero-order valence-electron chi connectivity index (χ0n) is 7.56. The fourth-order valence-electron chi connectivity index (χ4n) is 0.985. The highest BCUT2D eigenvalue weighted by Crippen LogP contribution is 2.29. The quantitative estimate of drug-likeness (QED) is 0.615. The van der Waals surface area contributed by atoms with Crippen molar-refractivity contribution in [2.24, 2.45) is 0 Å². The molecule has 82 valence electrons. The van der Waals surface area contributed by atoms with Gasteiger partial charge in [0.05, 0.1) is 8.59 Å². The summed E-state index contributed by atoms with van der Waals surface area (Å²) in [6, 6.07) is 2.63. The summed E-state index contributed by atoms with van der Waals surface area (Å²) in [6.45, 7) is -1.61. The summed E-state index contributed by atoms with van der Waals surface area (Å²) in [5, 5.41) is 0.230. The molecule has 0 aliphatic rings. The van der Waals surface area contributed by atoms with Crippen molar-refractivity contribution in [1.29, 1.82) is 0 Å². The molecular formula is C9H6ClF2IO2. The van der Waals surface area contributed by atoms with Crippen LogP contribution in [0.3, 0.4) is 0 Å². The Kier molecular flexibility index (Phi) is 4.27. The number of halogens is 4. The molecule has 1 aromatic rings. The monoisotopic (exact) mass is 346 g/mol.